The minimum absolute atomic E-state index is 0.265. The summed E-state index contributed by atoms with van der Waals surface area (Å²) in [6, 6.07) is 8.93. The van der Waals surface area contributed by atoms with E-state index in [2.05, 4.69) is 31.0 Å². The van der Waals surface area contributed by atoms with Gasteiger partial charge in [-0.1, -0.05) is 0 Å². The van der Waals surface area contributed by atoms with Crippen LogP contribution in [-0.4, -0.2) is 62.2 Å². The first-order valence-electron chi connectivity index (χ1n) is 9.41. The average molecular weight is 386 g/mol. The van der Waals surface area contributed by atoms with Crippen molar-refractivity contribution in [1.29, 1.82) is 0 Å². The van der Waals surface area contributed by atoms with Crippen molar-refractivity contribution in [3.05, 3.63) is 36.5 Å². The second-order valence-corrected chi connectivity index (χ2v) is 6.16. The molecule has 2 amide bonds. The highest BCUT2D eigenvalue weighted by Gasteiger charge is 2.12. The fourth-order valence-electron chi connectivity index (χ4n) is 2.78. The van der Waals surface area contributed by atoms with E-state index in [0.717, 1.165) is 37.7 Å². The maximum atomic E-state index is 12.0. The lowest BCUT2D eigenvalue weighted by molar-refractivity contribution is 0.122. The molecule has 150 valence electrons. The molecule has 3 N–H and O–H groups in total. The van der Waals surface area contributed by atoms with Crippen LogP contribution >= 0.6 is 0 Å². The van der Waals surface area contributed by atoms with Gasteiger partial charge in [-0.15, -0.1) is 5.10 Å². The van der Waals surface area contributed by atoms with E-state index in [1.165, 1.54) is 0 Å². The molecule has 0 atom stereocenters. The first kappa shape index (κ1) is 19.7. The summed E-state index contributed by atoms with van der Waals surface area (Å²) in [6.45, 7) is 6.66. The largest absolute Gasteiger partial charge is 0.494 e. The number of hydrogen-bond acceptors (Lipinski definition) is 7. The van der Waals surface area contributed by atoms with Gasteiger partial charge < -0.3 is 30.3 Å². The third kappa shape index (κ3) is 5.98. The van der Waals surface area contributed by atoms with E-state index in [0.29, 0.717) is 31.2 Å². The van der Waals surface area contributed by atoms with Gasteiger partial charge in [0.1, 0.15) is 5.75 Å². The van der Waals surface area contributed by atoms with Crippen molar-refractivity contribution in [3.8, 4) is 5.75 Å². The Balaban J connectivity index is 1.38. The summed E-state index contributed by atoms with van der Waals surface area (Å²) in [4.78, 5) is 14.2. The van der Waals surface area contributed by atoms with Crippen LogP contribution in [0.5, 0.6) is 5.75 Å². The molecule has 9 heteroatoms. The van der Waals surface area contributed by atoms with E-state index >= 15 is 0 Å². The van der Waals surface area contributed by atoms with E-state index in [1.54, 1.807) is 18.3 Å². The van der Waals surface area contributed by atoms with E-state index in [1.807, 2.05) is 25.1 Å². The number of aromatic nitrogens is 2. The fraction of sp³-hybridized carbons (Fsp3) is 0.421. The second kappa shape index (κ2) is 10.3. The van der Waals surface area contributed by atoms with Crippen LogP contribution in [-0.2, 0) is 4.74 Å². The van der Waals surface area contributed by atoms with Gasteiger partial charge in [0.2, 0.25) is 0 Å². The molecule has 0 bridgehead atoms. The number of nitrogens with one attached hydrogen (secondary N) is 3. The van der Waals surface area contributed by atoms with E-state index < -0.39 is 0 Å². The minimum atomic E-state index is -0.265. The molecule has 0 saturated carbocycles. The molecule has 1 aromatic carbocycles. The normalized spacial score (nSPS) is 13.7. The van der Waals surface area contributed by atoms with Gasteiger partial charge in [-0.25, -0.2) is 4.79 Å². The molecule has 9 nitrogen and oxygen atoms in total. The summed E-state index contributed by atoms with van der Waals surface area (Å²) in [6.07, 6.45) is 1.75. The monoisotopic (exact) mass is 386 g/mol. The van der Waals surface area contributed by atoms with Gasteiger partial charge in [0.15, 0.2) is 5.82 Å². The molecule has 0 spiro atoms. The zero-order chi connectivity index (χ0) is 19.6. The first-order valence-corrected chi connectivity index (χ1v) is 9.41. The molecule has 1 aliphatic rings. The molecule has 1 aromatic heterocycles. The Labute approximate surface area is 164 Å². The van der Waals surface area contributed by atoms with Crippen LogP contribution < -0.4 is 25.6 Å². The number of benzene rings is 1. The average Bonchev–Trinajstić information content (AvgIpc) is 2.74. The van der Waals surface area contributed by atoms with Crippen molar-refractivity contribution >= 4 is 23.2 Å². The van der Waals surface area contributed by atoms with Crippen LogP contribution in [0.3, 0.4) is 0 Å². The summed E-state index contributed by atoms with van der Waals surface area (Å²) in [7, 11) is 0. The van der Waals surface area contributed by atoms with Crippen LogP contribution in [0, 0.1) is 0 Å². The van der Waals surface area contributed by atoms with Crippen molar-refractivity contribution in [3.63, 3.8) is 0 Å². The quantitative estimate of drug-likeness (QED) is 0.596. The fourth-order valence-corrected chi connectivity index (χ4v) is 2.78. The number of amides is 2. The highest BCUT2D eigenvalue weighted by atomic mass is 16.5. The lowest BCUT2D eigenvalue weighted by Crippen LogP contribution is -2.36. The Morgan fingerprint density at radius 3 is 2.75 bits per heavy atom. The maximum Gasteiger partial charge on any atom is 0.319 e. The SMILES string of the molecule is CCOc1ccc(NC(=O)NCCNc2cc(N3CCOCC3)cnn2)cc1. The number of rotatable bonds is 8. The van der Waals surface area contributed by atoms with E-state index in [-0.39, 0.29) is 6.03 Å². The Kier molecular flexibility index (Phi) is 7.25. The molecule has 1 saturated heterocycles. The number of carbonyl (C=O) groups is 1. The Hall–Kier alpha value is -3.07. The van der Waals surface area contributed by atoms with Gasteiger partial charge >= 0.3 is 6.03 Å². The van der Waals surface area contributed by atoms with E-state index in [9.17, 15) is 4.79 Å². The molecule has 1 fully saturated rings. The molecule has 2 aromatic rings. The lowest BCUT2D eigenvalue weighted by Gasteiger charge is -2.28. The Morgan fingerprint density at radius 1 is 1.21 bits per heavy atom. The van der Waals surface area contributed by atoms with Crippen LogP contribution in [0.2, 0.25) is 0 Å². The van der Waals surface area contributed by atoms with Gasteiger partial charge in [0.05, 0.1) is 31.7 Å². The molecule has 0 unspecified atom stereocenters. The number of anilines is 3. The third-order valence-electron chi connectivity index (χ3n) is 4.16. The standard InChI is InChI=1S/C19H26N6O3/c1-2-28-17-5-3-15(4-6-17)23-19(26)21-8-7-20-18-13-16(14-22-24-18)25-9-11-27-12-10-25/h3-6,13-14H,2,7-12H2,1H3,(H,20,24)(H2,21,23,26). The molecule has 3 rings (SSSR count). The zero-order valence-electron chi connectivity index (χ0n) is 16.0. The van der Waals surface area contributed by atoms with Crippen molar-refractivity contribution in [2.75, 3.05) is 61.5 Å². The number of urea groups is 1. The van der Waals surface area contributed by atoms with Gasteiger partial charge in [-0.3, -0.25) is 0 Å². The van der Waals surface area contributed by atoms with Crippen molar-refractivity contribution in [1.82, 2.24) is 15.5 Å². The zero-order valence-corrected chi connectivity index (χ0v) is 16.0. The maximum absolute atomic E-state index is 12.0. The summed E-state index contributed by atoms with van der Waals surface area (Å²) in [5.41, 5.74) is 1.72. The number of carbonyl (C=O) groups excluding carboxylic acids is 1. The summed E-state index contributed by atoms with van der Waals surface area (Å²) >= 11 is 0. The number of nitrogens with zero attached hydrogens (tertiary/aromatic N) is 3. The first-order chi connectivity index (χ1) is 13.7. The van der Waals surface area contributed by atoms with Crippen molar-refractivity contribution in [2.24, 2.45) is 0 Å². The van der Waals surface area contributed by atoms with Crippen LogP contribution in [0.1, 0.15) is 6.92 Å². The van der Waals surface area contributed by atoms with Gasteiger partial charge in [-0.2, -0.15) is 5.10 Å². The molecular formula is C19H26N6O3. The highest BCUT2D eigenvalue weighted by Crippen LogP contribution is 2.17. The summed E-state index contributed by atoms with van der Waals surface area (Å²) in [5, 5.41) is 16.9. The number of ether oxygens (including phenoxy) is 2. The molecule has 2 heterocycles. The third-order valence-corrected chi connectivity index (χ3v) is 4.16. The number of morpholine rings is 1. The molecule has 28 heavy (non-hydrogen) atoms. The highest BCUT2D eigenvalue weighted by molar-refractivity contribution is 5.89. The van der Waals surface area contributed by atoms with Crippen LogP contribution in [0.15, 0.2) is 36.5 Å². The molecule has 0 radical (unpaired) electrons. The minimum Gasteiger partial charge on any atom is -0.494 e. The van der Waals surface area contributed by atoms with Gasteiger partial charge in [0, 0.05) is 37.9 Å². The van der Waals surface area contributed by atoms with Crippen LogP contribution in [0.25, 0.3) is 0 Å². The number of hydrogen-bond donors (Lipinski definition) is 3. The molecule has 1 aliphatic heterocycles. The van der Waals surface area contributed by atoms with Gasteiger partial charge in [-0.05, 0) is 31.2 Å². The van der Waals surface area contributed by atoms with E-state index in [4.69, 9.17) is 9.47 Å². The summed E-state index contributed by atoms with van der Waals surface area (Å²) < 4.78 is 10.7. The predicted molar refractivity (Wildman–Crippen MR) is 108 cm³/mol. The van der Waals surface area contributed by atoms with Crippen molar-refractivity contribution in [2.45, 2.75) is 6.92 Å². The molecule has 0 aliphatic carbocycles. The topological polar surface area (TPSA) is 101 Å². The smallest absolute Gasteiger partial charge is 0.319 e. The lowest BCUT2D eigenvalue weighted by atomic mass is 10.3. The van der Waals surface area contributed by atoms with Crippen LogP contribution in [0.4, 0.5) is 22.0 Å². The second-order valence-electron chi connectivity index (χ2n) is 6.16. The Morgan fingerprint density at radius 2 is 2.00 bits per heavy atom. The predicted octanol–water partition coefficient (Wildman–Crippen LogP) is 1.95. The summed E-state index contributed by atoms with van der Waals surface area (Å²) in [5.74, 6) is 1.45. The van der Waals surface area contributed by atoms with Crippen molar-refractivity contribution < 1.29 is 14.3 Å². The van der Waals surface area contributed by atoms with Gasteiger partial charge in [0.25, 0.3) is 0 Å². The molecular weight excluding hydrogens is 360 g/mol. The Bertz CT molecular complexity index is 750.